The quantitative estimate of drug-likeness (QED) is 0.788. The summed E-state index contributed by atoms with van der Waals surface area (Å²) < 4.78 is 0. The molecule has 2 heterocycles. The van der Waals surface area contributed by atoms with Crippen LogP contribution in [-0.4, -0.2) is 61.3 Å². The van der Waals surface area contributed by atoms with Gasteiger partial charge in [-0.1, -0.05) is 6.07 Å². The van der Waals surface area contributed by atoms with Crippen LogP contribution in [0.4, 0.5) is 16.2 Å². The summed E-state index contributed by atoms with van der Waals surface area (Å²) >= 11 is 1.67. The van der Waals surface area contributed by atoms with E-state index in [0.29, 0.717) is 24.3 Å². The molecule has 29 heavy (non-hydrogen) atoms. The minimum absolute atomic E-state index is 0.154. The summed E-state index contributed by atoms with van der Waals surface area (Å²) in [6, 6.07) is 8.77. The van der Waals surface area contributed by atoms with Crippen molar-refractivity contribution in [2.24, 2.45) is 0 Å². The SMILES string of the molecule is Cc1cc(C)c2c(n1)SCCN2C(=O)Nc1cccc(C(=O)NCCN(C)C)c1. The van der Waals surface area contributed by atoms with E-state index >= 15 is 0 Å². The third kappa shape index (κ3) is 5.27. The van der Waals surface area contributed by atoms with Crippen LogP contribution in [0.5, 0.6) is 0 Å². The fourth-order valence-electron chi connectivity index (χ4n) is 3.20. The van der Waals surface area contributed by atoms with E-state index in [2.05, 4.69) is 15.6 Å². The van der Waals surface area contributed by atoms with Gasteiger partial charge in [0.05, 0.1) is 5.69 Å². The Morgan fingerprint density at radius 1 is 1.24 bits per heavy atom. The zero-order valence-electron chi connectivity index (χ0n) is 17.3. The summed E-state index contributed by atoms with van der Waals surface area (Å²) in [5, 5.41) is 6.70. The summed E-state index contributed by atoms with van der Waals surface area (Å²) in [7, 11) is 3.91. The second-order valence-electron chi connectivity index (χ2n) is 7.30. The molecule has 1 aromatic carbocycles. The average molecular weight is 414 g/mol. The number of amides is 3. The standard InChI is InChI=1S/C21H27N5O2S/c1-14-12-15(2)23-20-18(14)26(10-11-29-20)21(28)24-17-7-5-6-16(13-17)19(27)22-8-9-25(3)4/h5-7,12-13H,8-11H2,1-4H3,(H,22,27)(H,24,28). The smallest absolute Gasteiger partial charge is 0.326 e. The van der Waals surface area contributed by atoms with Crippen LogP contribution in [0.2, 0.25) is 0 Å². The van der Waals surface area contributed by atoms with Gasteiger partial charge in [0, 0.05) is 42.3 Å². The molecule has 0 atom stereocenters. The number of pyridine rings is 1. The Balaban J connectivity index is 1.72. The molecule has 1 aliphatic rings. The Morgan fingerprint density at radius 3 is 2.79 bits per heavy atom. The zero-order valence-corrected chi connectivity index (χ0v) is 18.1. The molecule has 3 rings (SSSR count). The Kier molecular flexibility index (Phi) is 6.76. The molecule has 2 N–H and O–H groups in total. The largest absolute Gasteiger partial charge is 0.351 e. The molecule has 0 bridgehead atoms. The van der Waals surface area contributed by atoms with Crippen molar-refractivity contribution in [1.82, 2.24) is 15.2 Å². The molecule has 1 aliphatic heterocycles. The lowest BCUT2D eigenvalue weighted by Crippen LogP contribution is -2.39. The van der Waals surface area contributed by atoms with E-state index < -0.39 is 0 Å². The number of hydrogen-bond donors (Lipinski definition) is 2. The fourth-order valence-corrected chi connectivity index (χ4v) is 4.28. The molecule has 0 saturated carbocycles. The molecule has 0 saturated heterocycles. The lowest BCUT2D eigenvalue weighted by atomic mass is 10.2. The zero-order chi connectivity index (χ0) is 21.0. The highest BCUT2D eigenvalue weighted by atomic mass is 32.2. The summed E-state index contributed by atoms with van der Waals surface area (Å²) in [5.74, 6) is 0.642. The van der Waals surface area contributed by atoms with E-state index in [4.69, 9.17) is 0 Å². The van der Waals surface area contributed by atoms with Crippen LogP contribution in [0.15, 0.2) is 35.4 Å². The van der Waals surface area contributed by atoms with Gasteiger partial charge in [0.2, 0.25) is 0 Å². The number of nitrogens with one attached hydrogen (secondary N) is 2. The maximum atomic E-state index is 13.0. The van der Waals surface area contributed by atoms with E-state index in [0.717, 1.165) is 34.3 Å². The Labute approximate surface area is 175 Å². The summed E-state index contributed by atoms with van der Waals surface area (Å²) in [4.78, 5) is 33.6. The number of aromatic nitrogens is 1. The number of aryl methyl sites for hydroxylation is 2. The third-order valence-corrected chi connectivity index (χ3v) is 5.51. The lowest BCUT2D eigenvalue weighted by molar-refractivity contribution is 0.0951. The molecule has 0 unspecified atom stereocenters. The van der Waals surface area contributed by atoms with Crippen LogP contribution in [0, 0.1) is 13.8 Å². The van der Waals surface area contributed by atoms with E-state index in [9.17, 15) is 9.59 Å². The number of thioether (sulfide) groups is 1. The maximum absolute atomic E-state index is 13.0. The first-order chi connectivity index (χ1) is 13.8. The molecule has 8 heteroatoms. The van der Waals surface area contributed by atoms with E-state index in [-0.39, 0.29) is 11.9 Å². The van der Waals surface area contributed by atoms with Crippen LogP contribution < -0.4 is 15.5 Å². The predicted molar refractivity (Wildman–Crippen MR) is 118 cm³/mol. The average Bonchev–Trinajstić information content (AvgIpc) is 2.67. The highest BCUT2D eigenvalue weighted by Gasteiger charge is 2.26. The van der Waals surface area contributed by atoms with Gasteiger partial charge in [-0.15, -0.1) is 11.8 Å². The van der Waals surface area contributed by atoms with Crippen molar-refractivity contribution in [2.75, 3.05) is 49.7 Å². The van der Waals surface area contributed by atoms with Gasteiger partial charge in [-0.05, 0) is 57.8 Å². The fraction of sp³-hybridized carbons (Fsp3) is 0.381. The number of urea groups is 1. The molecular weight excluding hydrogens is 386 g/mol. The Hall–Kier alpha value is -2.58. The molecule has 0 fully saturated rings. The van der Waals surface area contributed by atoms with Gasteiger partial charge in [0.25, 0.3) is 5.91 Å². The highest BCUT2D eigenvalue weighted by Crippen LogP contribution is 2.36. The van der Waals surface area contributed by atoms with Crippen LogP contribution in [0.25, 0.3) is 0 Å². The molecule has 3 amide bonds. The van der Waals surface area contributed by atoms with Crippen LogP contribution >= 0.6 is 11.8 Å². The van der Waals surface area contributed by atoms with Gasteiger partial charge in [0.1, 0.15) is 5.03 Å². The number of hydrogen-bond acceptors (Lipinski definition) is 5. The van der Waals surface area contributed by atoms with Gasteiger partial charge in [-0.2, -0.15) is 0 Å². The van der Waals surface area contributed by atoms with Crippen LogP contribution in [0.3, 0.4) is 0 Å². The molecule has 0 spiro atoms. The minimum Gasteiger partial charge on any atom is -0.351 e. The van der Waals surface area contributed by atoms with Crippen molar-refractivity contribution in [3.63, 3.8) is 0 Å². The number of benzene rings is 1. The molecule has 1 aromatic heterocycles. The van der Waals surface area contributed by atoms with Crippen molar-refractivity contribution in [3.05, 3.63) is 47.2 Å². The normalized spacial score (nSPS) is 13.2. The molecule has 2 aromatic rings. The molecule has 154 valence electrons. The highest BCUT2D eigenvalue weighted by molar-refractivity contribution is 7.99. The number of carbonyl (C=O) groups excluding carboxylic acids is 2. The van der Waals surface area contributed by atoms with Crippen molar-refractivity contribution in [1.29, 1.82) is 0 Å². The van der Waals surface area contributed by atoms with E-state index in [1.807, 2.05) is 38.9 Å². The molecule has 7 nitrogen and oxygen atoms in total. The maximum Gasteiger partial charge on any atom is 0.326 e. The number of nitrogens with zero attached hydrogens (tertiary/aromatic N) is 3. The summed E-state index contributed by atoms with van der Waals surface area (Å²) in [6.45, 7) is 5.90. The summed E-state index contributed by atoms with van der Waals surface area (Å²) in [5.41, 5.74) is 3.95. The van der Waals surface area contributed by atoms with Crippen molar-refractivity contribution in [3.8, 4) is 0 Å². The van der Waals surface area contributed by atoms with Gasteiger partial charge in [-0.25, -0.2) is 9.78 Å². The van der Waals surface area contributed by atoms with Crippen LogP contribution in [-0.2, 0) is 0 Å². The monoisotopic (exact) mass is 413 g/mol. The van der Waals surface area contributed by atoms with Gasteiger partial charge in [-0.3, -0.25) is 9.69 Å². The van der Waals surface area contributed by atoms with Crippen LogP contribution in [0.1, 0.15) is 21.6 Å². The number of fused-ring (bicyclic) bond motifs is 1. The first-order valence-electron chi connectivity index (χ1n) is 9.57. The van der Waals surface area contributed by atoms with E-state index in [1.165, 1.54) is 0 Å². The number of rotatable bonds is 5. The molecule has 0 aliphatic carbocycles. The first kappa shape index (κ1) is 21.1. The number of likely N-dealkylation sites (N-methyl/N-ethyl adjacent to an activating group) is 1. The molecule has 0 radical (unpaired) electrons. The third-order valence-electron chi connectivity index (χ3n) is 4.57. The lowest BCUT2D eigenvalue weighted by Gasteiger charge is -2.30. The topological polar surface area (TPSA) is 77.6 Å². The first-order valence-corrected chi connectivity index (χ1v) is 10.6. The van der Waals surface area contributed by atoms with Gasteiger partial charge < -0.3 is 15.5 Å². The second-order valence-corrected chi connectivity index (χ2v) is 8.39. The van der Waals surface area contributed by atoms with Gasteiger partial charge >= 0.3 is 6.03 Å². The summed E-state index contributed by atoms with van der Waals surface area (Å²) in [6.07, 6.45) is 0. The van der Waals surface area contributed by atoms with E-state index in [1.54, 1.807) is 40.9 Å². The minimum atomic E-state index is -0.217. The number of anilines is 2. The van der Waals surface area contributed by atoms with Crippen molar-refractivity contribution in [2.45, 2.75) is 18.9 Å². The molecular formula is C21H27N5O2S. The number of carbonyl (C=O) groups is 2. The Morgan fingerprint density at radius 2 is 2.03 bits per heavy atom. The second kappa shape index (κ2) is 9.28. The Bertz CT molecular complexity index is 916. The van der Waals surface area contributed by atoms with Crippen molar-refractivity contribution < 1.29 is 9.59 Å². The van der Waals surface area contributed by atoms with Crippen molar-refractivity contribution >= 4 is 35.1 Å². The predicted octanol–water partition coefficient (Wildman–Crippen LogP) is 3.13. The van der Waals surface area contributed by atoms with Gasteiger partial charge in [0.15, 0.2) is 0 Å².